The zero-order valence-corrected chi connectivity index (χ0v) is 15.1. The molecule has 1 aromatic rings. The van der Waals surface area contributed by atoms with Crippen LogP contribution in [0.25, 0.3) is 5.76 Å². The molecular formula is C22H30O. The molecule has 0 fully saturated rings. The maximum Gasteiger partial charge on any atom is 0.126 e. The molecule has 0 atom stereocenters. The number of allylic oxidation sites excluding steroid dienone is 5. The van der Waals surface area contributed by atoms with E-state index < -0.39 is 0 Å². The predicted molar refractivity (Wildman–Crippen MR) is 102 cm³/mol. The Balaban J connectivity index is 0.000000277. The molecule has 1 aliphatic rings. The van der Waals surface area contributed by atoms with Gasteiger partial charge in [-0.3, -0.25) is 0 Å². The van der Waals surface area contributed by atoms with Gasteiger partial charge in [-0.15, -0.1) is 0 Å². The summed E-state index contributed by atoms with van der Waals surface area (Å²) in [6, 6.07) is 9.92. The molecule has 0 unspecified atom stereocenters. The molecule has 2 rings (SSSR count). The third-order valence-electron chi connectivity index (χ3n) is 3.71. The summed E-state index contributed by atoms with van der Waals surface area (Å²) in [6.45, 7) is 12.5. The fraction of sp³-hybridized carbons (Fsp3) is 0.364. The number of hydrogen-bond acceptors (Lipinski definition) is 1. The van der Waals surface area contributed by atoms with E-state index in [-0.39, 0.29) is 0 Å². The average molecular weight is 310 g/mol. The monoisotopic (exact) mass is 310 g/mol. The lowest BCUT2D eigenvalue weighted by atomic mass is 10.0. The van der Waals surface area contributed by atoms with Crippen LogP contribution >= 0.6 is 0 Å². The van der Waals surface area contributed by atoms with Gasteiger partial charge in [-0.2, -0.15) is 0 Å². The van der Waals surface area contributed by atoms with E-state index in [1.807, 2.05) is 30.3 Å². The molecule has 1 heteroatoms. The van der Waals surface area contributed by atoms with E-state index in [9.17, 15) is 0 Å². The second-order valence-electron chi connectivity index (χ2n) is 6.15. The maximum atomic E-state index is 5.49. The predicted octanol–water partition coefficient (Wildman–Crippen LogP) is 7.05. The minimum absolute atomic E-state index is 0.700. The van der Waals surface area contributed by atoms with Gasteiger partial charge in [0.25, 0.3) is 0 Å². The normalized spacial score (nSPS) is 14.2. The number of hydrogen-bond donors (Lipinski definition) is 0. The number of ether oxygens (including phenoxy) is 1. The average Bonchev–Trinajstić information content (AvgIpc) is 2.57. The fourth-order valence-electron chi connectivity index (χ4n) is 2.16. The molecule has 1 nitrogen and oxygen atoms in total. The van der Waals surface area contributed by atoms with Gasteiger partial charge < -0.3 is 4.74 Å². The molecule has 0 saturated carbocycles. The number of rotatable bonds is 5. The molecule has 0 N–H and O–H groups in total. The van der Waals surface area contributed by atoms with Crippen molar-refractivity contribution >= 4 is 5.76 Å². The van der Waals surface area contributed by atoms with Gasteiger partial charge in [0, 0.05) is 5.56 Å². The lowest BCUT2D eigenvalue weighted by Gasteiger charge is -2.05. The van der Waals surface area contributed by atoms with Crippen LogP contribution in [0.15, 0.2) is 72.0 Å². The summed E-state index contributed by atoms with van der Waals surface area (Å²) in [5, 5.41) is 0. The molecule has 0 saturated heterocycles. The van der Waals surface area contributed by atoms with Gasteiger partial charge in [0.05, 0.1) is 6.26 Å². The van der Waals surface area contributed by atoms with Gasteiger partial charge in [0.15, 0.2) is 0 Å². The van der Waals surface area contributed by atoms with Crippen LogP contribution in [0.1, 0.15) is 58.9 Å². The zero-order chi connectivity index (χ0) is 17.1. The third-order valence-corrected chi connectivity index (χ3v) is 3.71. The van der Waals surface area contributed by atoms with Gasteiger partial charge in [0.2, 0.25) is 0 Å². The van der Waals surface area contributed by atoms with Crippen LogP contribution in [0.3, 0.4) is 0 Å². The van der Waals surface area contributed by atoms with Crippen molar-refractivity contribution in [2.75, 3.05) is 0 Å². The van der Waals surface area contributed by atoms with E-state index in [0.29, 0.717) is 5.76 Å². The second kappa shape index (κ2) is 10.7. The summed E-state index contributed by atoms with van der Waals surface area (Å²) in [7, 11) is 0. The molecule has 0 bridgehead atoms. The first-order chi connectivity index (χ1) is 11.0. The summed E-state index contributed by atoms with van der Waals surface area (Å²) >= 11 is 0. The zero-order valence-electron chi connectivity index (χ0n) is 15.1. The summed E-state index contributed by atoms with van der Waals surface area (Å²) in [4.78, 5) is 0. The van der Waals surface area contributed by atoms with Crippen LogP contribution in [0, 0.1) is 0 Å². The Bertz CT molecular complexity index is 555. The topological polar surface area (TPSA) is 9.23 Å². The summed E-state index contributed by atoms with van der Waals surface area (Å²) in [5.41, 5.74) is 5.29. The quantitative estimate of drug-likeness (QED) is 0.529. The second-order valence-corrected chi connectivity index (χ2v) is 6.15. The Hall–Kier alpha value is -2.02. The lowest BCUT2D eigenvalue weighted by Crippen LogP contribution is -1.85. The van der Waals surface area contributed by atoms with Gasteiger partial charge in [-0.25, -0.2) is 0 Å². The van der Waals surface area contributed by atoms with E-state index in [1.54, 1.807) is 6.26 Å². The first-order valence-electron chi connectivity index (χ1n) is 8.42. The maximum absolute atomic E-state index is 5.49. The van der Waals surface area contributed by atoms with Crippen LogP contribution in [-0.4, -0.2) is 0 Å². The van der Waals surface area contributed by atoms with Crippen LogP contribution in [-0.2, 0) is 4.74 Å². The van der Waals surface area contributed by atoms with Crippen molar-refractivity contribution in [3.63, 3.8) is 0 Å². The van der Waals surface area contributed by atoms with E-state index in [0.717, 1.165) is 18.4 Å². The minimum Gasteiger partial charge on any atom is -0.465 e. The van der Waals surface area contributed by atoms with Crippen molar-refractivity contribution in [1.29, 1.82) is 0 Å². The SMILES string of the molecule is C=C(O/C=C(\C)CCC)c1ccccc1.CC1=CC=C(C)CC1. The first kappa shape index (κ1) is 19.0. The highest BCUT2D eigenvalue weighted by atomic mass is 16.5. The lowest BCUT2D eigenvalue weighted by molar-refractivity contribution is 0.430. The van der Waals surface area contributed by atoms with Crippen LogP contribution in [0.2, 0.25) is 0 Å². The summed E-state index contributed by atoms with van der Waals surface area (Å²) < 4.78 is 5.49. The van der Waals surface area contributed by atoms with Crippen LogP contribution in [0.5, 0.6) is 0 Å². The molecule has 0 heterocycles. The Morgan fingerprint density at radius 1 is 1.09 bits per heavy atom. The fourth-order valence-corrected chi connectivity index (χ4v) is 2.16. The van der Waals surface area contributed by atoms with Gasteiger partial charge in [-0.05, 0) is 45.6 Å². The Labute approximate surface area is 142 Å². The standard InChI is InChI=1S/C14H18O.C8H12/c1-4-8-12(2)11-15-13(3)14-9-6-5-7-10-14;1-7-3-5-8(2)6-4-7/h5-7,9-11H,3-4,8H2,1-2H3;3,5H,4,6H2,1-2H3/b12-11+;. The van der Waals surface area contributed by atoms with Crippen molar-refractivity contribution in [2.24, 2.45) is 0 Å². The molecule has 1 aliphatic carbocycles. The van der Waals surface area contributed by atoms with Crippen molar-refractivity contribution < 1.29 is 4.74 Å². The van der Waals surface area contributed by atoms with Crippen molar-refractivity contribution in [1.82, 2.24) is 0 Å². The third kappa shape index (κ3) is 8.25. The highest BCUT2D eigenvalue weighted by Crippen LogP contribution is 2.16. The first-order valence-corrected chi connectivity index (χ1v) is 8.42. The van der Waals surface area contributed by atoms with Gasteiger partial charge >= 0.3 is 0 Å². The highest BCUT2D eigenvalue weighted by molar-refractivity contribution is 5.57. The molecule has 0 amide bonds. The summed E-state index contributed by atoms with van der Waals surface area (Å²) in [6.07, 6.45) is 11.0. The van der Waals surface area contributed by atoms with E-state index in [1.165, 1.54) is 29.6 Å². The molecule has 0 radical (unpaired) electrons. The Kier molecular flexibility index (Phi) is 8.82. The number of benzene rings is 1. The Morgan fingerprint density at radius 2 is 1.65 bits per heavy atom. The molecule has 124 valence electrons. The molecule has 0 aromatic heterocycles. The van der Waals surface area contributed by atoms with Crippen molar-refractivity contribution in [3.8, 4) is 0 Å². The molecule has 0 spiro atoms. The van der Waals surface area contributed by atoms with Crippen LogP contribution < -0.4 is 0 Å². The van der Waals surface area contributed by atoms with Gasteiger partial charge in [0.1, 0.15) is 5.76 Å². The Morgan fingerprint density at radius 3 is 2.13 bits per heavy atom. The van der Waals surface area contributed by atoms with E-state index >= 15 is 0 Å². The smallest absolute Gasteiger partial charge is 0.126 e. The largest absolute Gasteiger partial charge is 0.465 e. The molecule has 1 aromatic carbocycles. The molecule has 23 heavy (non-hydrogen) atoms. The van der Waals surface area contributed by atoms with Crippen LogP contribution in [0.4, 0.5) is 0 Å². The molecular weight excluding hydrogens is 280 g/mol. The van der Waals surface area contributed by atoms with Crippen molar-refractivity contribution in [3.05, 3.63) is 77.6 Å². The summed E-state index contributed by atoms with van der Waals surface area (Å²) in [5.74, 6) is 0.700. The molecule has 0 aliphatic heterocycles. The minimum atomic E-state index is 0.700. The van der Waals surface area contributed by atoms with Gasteiger partial charge in [-0.1, -0.05) is 73.6 Å². The van der Waals surface area contributed by atoms with E-state index in [4.69, 9.17) is 4.74 Å². The van der Waals surface area contributed by atoms with E-state index in [2.05, 4.69) is 46.4 Å². The highest BCUT2D eigenvalue weighted by Gasteiger charge is 1.97. The van der Waals surface area contributed by atoms with Crippen molar-refractivity contribution in [2.45, 2.75) is 53.4 Å².